The van der Waals surface area contributed by atoms with Crippen LogP contribution >= 0.6 is 0 Å². The molecule has 1 saturated heterocycles. The van der Waals surface area contributed by atoms with E-state index >= 15 is 4.39 Å². The molecule has 1 aliphatic heterocycles. The first-order chi connectivity index (χ1) is 12.3. The average molecular weight is 355 g/mol. The fraction of sp³-hybridized carbons (Fsp3) is 0.400. The highest BCUT2D eigenvalue weighted by Crippen LogP contribution is 2.43. The molecule has 6 heteroatoms. The molecule has 0 aromatic heterocycles. The van der Waals surface area contributed by atoms with Gasteiger partial charge in [0.05, 0.1) is 5.69 Å². The highest BCUT2D eigenvalue weighted by molar-refractivity contribution is 5.99. The minimum Gasteiger partial charge on any atom is -0.367 e. The number of allylic oxidation sites excluding steroid dienone is 2. The molecule has 26 heavy (non-hydrogen) atoms. The molecule has 2 amide bonds. The molecule has 1 aromatic carbocycles. The smallest absolute Gasteiger partial charge is 0.295 e. The zero-order valence-corrected chi connectivity index (χ0v) is 15.0. The lowest BCUT2D eigenvalue weighted by atomic mass is 9.95. The number of halogens is 1. The van der Waals surface area contributed by atoms with Crippen molar-refractivity contribution >= 4 is 23.1 Å². The summed E-state index contributed by atoms with van der Waals surface area (Å²) in [4.78, 5) is 25.2. The summed E-state index contributed by atoms with van der Waals surface area (Å²) < 4.78 is 15.0. The van der Waals surface area contributed by atoms with Gasteiger partial charge < -0.3 is 16.0 Å². The molecule has 0 bridgehead atoms. The number of anilines is 1. The Kier molecular flexibility index (Phi) is 4.73. The highest BCUT2D eigenvalue weighted by atomic mass is 19.1. The fourth-order valence-electron chi connectivity index (χ4n) is 3.93. The van der Waals surface area contributed by atoms with Gasteiger partial charge in [0.25, 0.3) is 5.91 Å². The number of primary amides is 1. The van der Waals surface area contributed by atoms with Crippen molar-refractivity contribution in [1.29, 1.82) is 0 Å². The summed E-state index contributed by atoms with van der Waals surface area (Å²) >= 11 is 0. The SMILES string of the molecule is C#CC(=O)N[C@@H]1CCCN(c2c(F)cc(C(N)=O)c3c2C(C)=C(C)C3)C1. The van der Waals surface area contributed by atoms with Gasteiger partial charge in [0.15, 0.2) is 0 Å². The van der Waals surface area contributed by atoms with Crippen molar-refractivity contribution in [3.63, 3.8) is 0 Å². The minimum atomic E-state index is -0.619. The molecule has 1 aliphatic carbocycles. The van der Waals surface area contributed by atoms with Crippen LogP contribution in [0, 0.1) is 18.2 Å². The van der Waals surface area contributed by atoms with E-state index in [1.165, 1.54) is 6.07 Å². The van der Waals surface area contributed by atoms with Gasteiger partial charge in [0.1, 0.15) is 5.82 Å². The van der Waals surface area contributed by atoms with Gasteiger partial charge in [-0.2, -0.15) is 0 Å². The molecule has 136 valence electrons. The largest absolute Gasteiger partial charge is 0.367 e. The molecule has 0 saturated carbocycles. The summed E-state index contributed by atoms with van der Waals surface area (Å²) in [6.45, 7) is 5.07. The standard InChI is InChI=1S/C20H22FN3O2/c1-4-17(25)23-13-6-5-7-24(10-13)19-16(21)9-15(20(22)26)14-8-11(2)12(3)18(14)19/h1,9,13H,5-8,10H2,2-3H3,(H2,22,26)(H,23,25)/t13-/m1/s1. The number of carbonyl (C=O) groups excluding carboxylic acids is 2. The van der Waals surface area contributed by atoms with Gasteiger partial charge in [-0.1, -0.05) is 5.57 Å². The number of hydrogen-bond donors (Lipinski definition) is 2. The predicted molar refractivity (Wildman–Crippen MR) is 99.1 cm³/mol. The number of terminal acetylenes is 1. The van der Waals surface area contributed by atoms with E-state index in [-0.39, 0.29) is 11.6 Å². The van der Waals surface area contributed by atoms with Gasteiger partial charge in [-0.05, 0) is 56.2 Å². The maximum atomic E-state index is 15.0. The predicted octanol–water partition coefficient (Wildman–Crippen LogP) is 1.99. The number of piperidine rings is 1. The van der Waals surface area contributed by atoms with Crippen LogP contribution in [0.3, 0.4) is 0 Å². The molecule has 5 nitrogen and oxygen atoms in total. The van der Waals surface area contributed by atoms with Crippen LogP contribution in [0.5, 0.6) is 0 Å². The molecule has 1 fully saturated rings. The van der Waals surface area contributed by atoms with Gasteiger partial charge in [-0.15, -0.1) is 6.42 Å². The van der Waals surface area contributed by atoms with Gasteiger partial charge in [-0.3, -0.25) is 9.59 Å². The normalized spacial score (nSPS) is 19.2. The van der Waals surface area contributed by atoms with Crippen LogP contribution in [-0.2, 0) is 11.2 Å². The van der Waals surface area contributed by atoms with Crippen LogP contribution in [0.25, 0.3) is 5.57 Å². The first-order valence-electron chi connectivity index (χ1n) is 8.67. The summed E-state index contributed by atoms with van der Waals surface area (Å²) in [7, 11) is 0. The van der Waals surface area contributed by atoms with Crippen LogP contribution in [0.1, 0.15) is 48.2 Å². The maximum absolute atomic E-state index is 15.0. The molecular formula is C20H22FN3O2. The highest BCUT2D eigenvalue weighted by Gasteiger charge is 2.31. The van der Waals surface area contributed by atoms with E-state index in [1.54, 1.807) is 0 Å². The van der Waals surface area contributed by atoms with Gasteiger partial charge >= 0.3 is 0 Å². The number of benzene rings is 1. The van der Waals surface area contributed by atoms with E-state index in [0.717, 1.165) is 35.1 Å². The van der Waals surface area contributed by atoms with E-state index in [9.17, 15) is 9.59 Å². The zero-order chi connectivity index (χ0) is 19.0. The number of amides is 2. The van der Waals surface area contributed by atoms with E-state index in [0.29, 0.717) is 25.2 Å². The number of fused-ring (bicyclic) bond motifs is 1. The van der Waals surface area contributed by atoms with E-state index in [4.69, 9.17) is 12.2 Å². The second-order valence-corrected chi connectivity index (χ2v) is 6.96. The Labute approximate surface area is 152 Å². The third kappa shape index (κ3) is 3.05. The van der Waals surface area contributed by atoms with E-state index < -0.39 is 17.6 Å². The summed E-state index contributed by atoms with van der Waals surface area (Å²) in [5, 5.41) is 2.78. The minimum absolute atomic E-state index is 0.134. The van der Waals surface area contributed by atoms with Crippen molar-refractivity contribution in [2.45, 2.75) is 39.2 Å². The third-order valence-electron chi connectivity index (χ3n) is 5.29. The molecule has 1 atom stereocenters. The summed E-state index contributed by atoms with van der Waals surface area (Å²) in [5.41, 5.74) is 9.82. The molecular weight excluding hydrogens is 333 g/mol. The molecule has 0 spiro atoms. The molecule has 3 N–H and O–H groups in total. The van der Waals surface area contributed by atoms with Crippen molar-refractivity contribution in [2.75, 3.05) is 18.0 Å². The third-order valence-corrected chi connectivity index (χ3v) is 5.29. The van der Waals surface area contributed by atoms with Gasteiger partial charge in [0.2, 0.25) is 5.91 Å². The molecule has 0 radical (unpaired) electrons. The van der Waals surface area contributed by atoms with E-state index in [2.05, 4.69) is 11.2 Å². The van der Waals surface area contributed by atoms with Crippen LogP contribution in [0.15, 0.2) is 11.6 Å². The number of nitrogens with zero attached hydrogens (tertiary/aromatic N) is 1. The van der Waals surface area contributed by atoms with Crippen LogP contribution in [-0.4, -0.2) is 30.9 Å². The van der Waals surface area contributed by atoms with Crippen LogP contribution in [0.4, 0.5) is 10.1 Å². The lowest BCUT2D eigenvalue weighted by molar-refractivity contribution is -0.116. The molecule has 0 unspecified atom stereocenters. The Bertz CT molecular complexity index is 867. The Balaban J connectivity index is 2.03. The first kappa shape index (κ1) is 18.0. The lowest BCUT2D eigenvalue weighted by Crippen LogP contribution is -2.48. The summed E-state index contributed by atoms with van der Waals surface area (Å²) in [6.07, 6.45) is 7.32. The Morgan fingerprint density at radius 1 is 1.42 bits per heavy atom. The Hall–Kier alpha value is -2.81. The Morgan fingerprint density at radius 3 is 2.81 bits per heavy atom. The number of nitrogens with two attached hydrogens (primary N) is 1. The lowest BCUT2D eigenvalue weighted by Gasteiger charge is -2.36. The average Bonchev–Trinajstić information content (AvgIpc) is 2.89. The second-order valence-electron chi connectivity index (χ2n) is 6.96. The van der Waals surface area contributed by atoms with Crippen molar-refractivity contribution in [1.82, 2.24) is 5.32 Å². The fourth-order valence-corrected chi connectivity index (χ4v) is 3.93. The molecule has 2 aliphatic rings. The summed E-state index contributed by atoms with van der Waals surface area (Å²) in [5.74, 6) is 0.511. The van der Waals surface area contributed by atoms with Crippen LogP contribution in [0.2, 0.25) is 0 Å². The van der Waals surface area contributed by atoms with Gasteiger partial charge in [0, 0.05) is 30.3 Å². The van der Waals surface area contributed by atoms with Crippen LogP contribution < -0.4 is 16.0 Å². The number of rotatable bonds is 3. The van der Waals surface area contributed by atoms with Crippen molar-refractivity contribution in [2.24, 2.45) is 5.73 Å². The second kappa shape index (κ2) is 6.83. The molecule has 1 aromatic rings. The molecule has 3 rings (SSSR count). The maximum Gasteiger partial charge on any atom is 0.295 e. The van der Waals surface area contributed by atoms with Gasteiger partial charge in [-0.25, -0.2) is 4.39 Å². The van der Waals surface area contributed by atoms with E-state index in [1.807, 2.05) is 18.7 Å². The van der Waals surface area contributed by atoms with Crippen molar-refractivity contribution < 1.29 is 14.0 Å². The van der Waals surface area contributed by atoms with Crippen molar-refractivity contribution in [3.05, 3.63) is 34.1 Å². The number of nitrogens with one attached hydrogen (secondary N) is 1. The molecule has 1 heterocycles. The quantitative estimate of drug-likeness (QED) is 0.814. The Morgan fingerprint density at radius 2 is 2.15 bits per heavy atom. The monoisotopic (exact) mass is 355 g/mol. The first-order valence-corrected chi connectivity index (χ1v) is 8.67. The topological polar surface area (TPSA) is 75.4 Å². The number of hydrogen-bond acceptors (Lipinski definition) is 3. The van der Waals surface area contributed by atoms with Crippen molar-refractivity contribution in [3.8, 4) is 12.3 Å². The number of carbonyl (C=O) groups is 2. The summed E-state index contributed by atoms with van der Waals surface area (Å²) in [6, 6.07) is 1.11. The zero-order valence-electron chi connectivity index (χ0n) is 15.0.